The van der Waals surface area contributed by atoms with Crippen molar-refractivity contribution in [3.05, 3.63) is 0 Å². The number of halogens is 1. The van der Waals surface area contributed by atoms with Crippen molar-refractivity contribution >= 4 is 22.6 Å². The van der Waals surface area contributed by atoms with Gasteiger partial charge in [-0.2, -0.15) is 0 Å². The maximum absolute atomic E-state index is 6.20. The lowest BCUT2D eigenvalue weighted by atomic mass is 10.4. The second kappa shape index (κ2) is 7.75. The third-order valence-electron chi connectivity index (χ3n) is 1.56. The summed E-state index contributed by atoms with van der Waals surface area (Å²) < 4.78 is 6.20. The molecule has 1 heterocycles. The van der Waals surface area contributed by atoms with Crippen LogP contribution in [0.2, 0.25) is 0 Å². The number of nitrogens with one attached hydrogen (secondary N) is 1. The van der Waals surface area contributed by atoms with E-state index >= 15 is 0 Å². The number of hydrogen-bond donors (Lipinski definition) is 1. The molecule has 0 bridgehead atoms. The summed E-state index contributed by atoms with van der Waals surface area (Å²) in [5.41, 5.74) is 0. The van der Waals surface area contributed by atoms with Crippen molar-refractivity contribution in [1.82, 2.24) is 10.2 Å². The lowest BCUT2D eigenvalue weighted by Gasteiger charge is -2.09. The van der Waals surface area contributed by atoms with Gasteiger partial charge in [-0.3, -0.25) is 0 Å². The second-order valence-electron chi connectivity index (χ2n) is 2.41. The summed E-state index contributed by atoms with van der Waals surface area (Å²) in [7, 11) is 2.17. The van der Waals surface area contributed by atoms with Gasteiger partial charge in [-0.25, -0.2) is 0 Å². The molecule has 0 aromatic heterocycles. The first kappa shape index (κ1) is 8.74. The zero-order valence-electron chi connectivity index (χ0n) is 7.57. The Morgan fingerprint density at radius 1 is 1.50 bits per heavy atom. The van der Waals surface area contributed by atoms with E-state index in [0.717, 1.165) is 6.54 Å². The predicted octanol–water partition coefficient (Wildman–Crippen LogP) is 0.963. The van der Waals surface area contributed by atoms with Crippen molar-refractivity contribution in [3.8, 4) is 0 Å². The van der Waals surface area contributed by atoms with Gasteiger partial charge < -0.3 is 10.2 Å². The lowest BCUT2D eigenvalue weighted by Crippen LogP contribution is -2.23. The molecule has 3 heteroatoms. The highest BCUT2D eigenvalue weighted by molar-refractivity contribution is 14.1. The van der Waals surface area contributed by atoms with E-state index in [0.29, 0.717) is 4.91 Å². The van der Waals surface area contributed by atoms with E-state index in [9.17, 15) is 0 Å². The van der Waals surface area contributed by atoms with Gasteiger partial charge in [0.2, 0.25) is 0 Å². The molecule has 0 atom stereocenters. The van der Waals surface area contributed by atoms with Gasteiger partial charge in [0.15, 0.2) is 0 Å². The molecular weight excluding hydrogens is 239 g/mol. The molecule has 1 saturated heterocycles. The molecular formula is C7H17IN2. The van der Waals surface area contributed by atoms with Crippen molar-refractivity contribution in [1.29, 1.82) is 0 Å². The zero-order valence-corrected chi connectivity index (χ0v) is 8.73. The maximum Gasteiger partial charge on any atom is 0.0341 e. The Morgan fingerprint density at radius 3 is 2.90 bits per heavy atom. The van der Waals surface area contributed by atoms with Crippen molar-refractivity contribution < 1.29 is 1.37 Å². The summed E-state index contributed by atoms with van der Waals surface area (Å²) in [4.78, 5) is 2.83. The fourth-order valence-corrected chi connectivity index (χ4v) is 0.981. The van der Waals surface area contributed by atoms with E-state index in [4.69, 9.17) is 1.37 Å². The first-order valence-corrected chi connectivity index (χ1v) is 5.08. The molecule has 0 radical (unpaired) electrons. The summed E-state index contributed by atoms with van der Waals surface area (Å²) in [5, 5.41) is 3.34. The van der Waals surface area contributed by atoms with Gasteiger partial charge in [0.05, 0.1) is 0 Å². The third-order valence-corrected chi connectivity index (χ3v) is 1.56. The van der Waals surface area contributed by atoms with Crippen LogP contribution in [0.25, 0.3) is 0 Å². The Kier molecular flexibility index (Phi) is 6.78. The second-order valence-corrected chi connectivity index (χ2v) is 2.41. The number of rotatable bonds is 0. The van der Waals surface area contributed by atoms with E-state index in [2.05, 4.69) is 17.3 Å². The van der Waals surface area contributed by atoms with Crippen LogP contribution in [0.5, 0.6) is 0 Å². The van der Waals surface area contributed by atoms with Crippen LogP contribution in [-0.2, 0) is 0 Å². The first-order valence-electron chi connectivity index (χ1n) is 4.26. The topological polar surface area (TPSA) is 15.3 Å². The minimum Gasteiger partial charge on any atom is -0.315 e. The zero-order chi connectivity index (χ0) is 8.53. The summed E-state index contributed by atoms with van der Waals surface area (Å²) in [6.45, 7) is 4.83. The normalized spacial score (nSPS) is 22.0. The Labute approximate surface area is 78.9 Å². The highest BCUT2D eigenvalue weighted by atomic mass is 127. The number of alkyl halides is 1. The van der Waals surface area contributed by atoms with Crippen LogP contribution in [0.4, 0.5) is 0 Å². The number of nitrogens with zero attached hydrogens (tertiary/aromatic N) is 1. The molecule has 1 aliphatic heterocycles. The van der Waals surface area contributed by atoms with E-state index in [1.54, 1.807) is 0 Å². The summed E-state index contributed by atoms with van der Waals surface area (Å²) >= 11 is 1.96. The lowest BCUT2D eigenvalue weighted by molar-refractivity contribution is 0.358. The van der Waals surface area contributed by atoms with Crippen molar-refractivity contribution in [2.24, 2.45) is 0 Å². The minimum atomic E-state index is 0.470. The van der Waals surface area contributed by atoms with Gasteiger partial charge >= 0.3 is 0 Å². The average molecular weight is 258 g/mol. The fourth-order valence-electron chi connectivity index (χ4n) is 0.981. The van der Waals surface area contributed by atoms with Crippen LogP contribution < -0.4 is 5.32 Å². The molecule has 10 heavy (non-hydrogen) atoms. The number of hydrogen-bond acceptors (Lipinski definition) is 2. The van der Waals surface area contributed by atoms with Gasteiger partial charge in [0, 0.05) is 14.5 Å². The molecule has 0 aliphatic carbocycles. The quantitative estimate of drug-likeness (QED) is 0.514. The first-order chi connectivity index (χ1) is 5.31. The van der Waals surface area contributed by atoms with Gasteiger partial charge in [-0.1, -0.05) is 22.6 Å². The molecule has 0 saturated carbocycles. The Morgan fingerprint density at radius 2 is 2.20 bits per heavy atom. The highest BCUT2D eigenvalue weighted by Gasteiger charge is 2.00. The van der Waals surface area contributed by atoms with Crippen LogP contribution in [0.15, 0.2) is 0 Å². The highest BCUT2D eigenvalue weighted by Crippen LogP contribution is 1.88. The van der Waals surface area contributed by atoms with Gasteiger partial charge in [0.1, 0.15) is 0 Å². The van der Waals surface area contributed by atoms with Gasteiger partial charge in [-0.15, -0.1) is 0 Å². The van der Waals surface area contributed by atoms with Crippen LogP contribution in [0.3, 0.4) is 0 Å². The van der Waals surface area contributed by atoms with Gasteiger partial charge in [0.25, 0.3) is 0 Å². The van der Waals surface area contributed by atoms with Crippen molar-refractivity contribution in [3.63, 3.8) is 0 Å². The molecule has 0 aromatic carbocycles. The van der Waals surface area contributed by atoms with E-state index in [1.165, 1.54) is 26.1 Å². The molecule has 2 nitrogen and oxygen atoms in total. The van der Waals surface area contributed by atoms with Gasteiger partial charge in [-0.05, 0) is 31.5 Å². The monoisotopic (exact) mass is 258 g/mol. The van der Waals surface area contributed by atoms with Crippen LogP contribution in [-0.4, -0.2) is 43.0 Å². The van der Waals surface area contributed by atoms with E-state index < -0.39 is 0 Å². The molecule has 1 aliphatic rings. The van der Waals surface area contributed by atoms with E-state index in [1.807, 2.05) is 22.6 Å². The molecule has 0 spiro atoms. The molecule has 0 amide bonds. The number of likely N-dealkylation sites (N-methyl/N-ethyl adjacent to an activating group) is 1. The van der Waals surface area contributed by atoms with Crippen LogP contribution in [0, 0.1) is 0 Å². The van der Waals surface area contributed by atoms with Crippen molar-refractivity contribution in [2.45, 2.75) is 6.42 Å². The molecule has 1 fully saturated rings. The largest absolute Gasteiger partial charge is 0.315 e. The third kappa shape index (κ3) is 5.44. The molecule has 0 unspecified atom stereocenters. The van der Waals surface area contributed by atoms with E-state index in [-0.39, 0.29) is 0 Å². The van der Waals surface area contributed by atoms with Crippen LogP contribution in [0.1, 0.15) is 7.79 Å². The van der Waals surface area contributed by atoms with Crippen LogP contribution >= 0.6 is 22.6 Å². The Balaban J connectivity index is 0.000000292. The molecule has 1 N–H and O–H groups in total. The molecule has 1 rings (SSSR count). The Hall–Kier alpha value is 0.650. The summed E-state index contributed by atoms with van der Waals surface area (Å²) in [6, 6.07) is 0. The van der Waals surface area contributed by atoms with Crippen molar-refractivity contribution in [2.75, 3.05) is 38.1 Å². The average Bonchev–Trinajstić information content (AvgIpc) is 2.18. The predicted molar refractivity (Wildman–Crippen MR) is 54.9 cm³/mol. The standard InChI is InChI=1S/C6H14N2.CH3I/c1-8-5-2-3-7-4-6-8;1-2/h7H,2-6H2,1H3;1H3/i;1T. The maximum atomic E-state index is 6.20. The summed E-state index contributed by atoms with van der Waals surface area (Å²) in [5.74, 6) is 0. The fraction of sp³-hybridized carbons (Fsp3) is 1.00. The summed E-state index contributed by atoms with van der Waals surface area (Å²) in [6.07, 6.45) is 1.30. The molecule has 62 valence electrons. The smallest absolute Gasteiger partial charge is 0.0341 e. The Bertz CT molecular complexity index is 74.8. The SMILES string of the molecule is CN1CCCNCC1.[3H]CI. The molecule has 0 aromatic rings. The minimum absolute atomic E-state index is 0.470.